The molecule has 0 fully saturated rings. The highest BCUT2D eigenvalue weighted by Gasteiger charge is 2.32. The fraction of sp³-hybridized carbons (Fsp3) is 0.462. The predicted octanol–water partition coefficient (Wildman–Crippen LogP) is 1.88. The van der Waals surface area contributed by atoms with Crippen LogP contribution < -0.4 is 5.32 Å². The van der Waals surface area contributed by atoms with Gasteiger partial charge in [0.05, 0.1) is 12.6 Å². The first-order valence-corrected chi connectivity index (χ1v) is 6.20. The van der Waals surface area contributed by atoms with Crippen LogP contribution in [0.4, 0.5) is 0 Å². The number of fused-ring (bicyclic) bond motifs is 1. The smallest absolute Gasteiger partial charge is 0.251 e. The Morgan fingerprint density at radius 1 is 1.53 bits per heavy atom. The van der Waals surface area contributed by atoms with Crippen molar-refractivity contribution in [3.63, 3.8) is 0 Å². The number of aliphatic hydroxyl groups excluding tert-OH is 1. The highest BCUT2D eigenvalue weighted by Crippen LogP contribution is 2.31. The maximum Gasteiger partial charge on any atom is 0.251 e. The molecule has 6 nitrogen and oxygen atoms in total. The van der Waals surface area contributed by atoms with Gasteiger partial charge in [-0.3, -0.25) is 4.79 Å². The second-order valence-corrected chi connectivity index (χ2v) is 4.70. The van der Waals surface area contributed by atoms with Crippen molar-refractivity contribution >= 4 is 5.91 Å². The van der Waals surface area contributed by atoms with Crippen LogP contribution in [0.5, 0.6) is 0 Å². The number of aryl methyl sites for hydroxylation is 1. The fourth-order valence-corrected chi connectivity index (χ4v) is 2.52. The van der Waals surface area contributed by atoms with Gasteiger partial charge < -0.3 is 10.4 Å². The lowest BCUT2D eigenvalue weighted by atomic mass is 9.82. The van der Waals surface area contributed by atoms with Crippen molar-refractivity contribution < 1.29 is 9.90 Å². The number of azide groups is 1. The summed E-state index contributed by atoms with van der Waals surface area (Å²) < 4.78 is 0. The first-order valence-electron chi connectivity index (χ1n) is 6.20. The third-order valence-electron chi connectivity index (χ3n) is 3.46. The Morgan fingerprint density at radius 2 is 2.32 bits per heavy atom. The lowest BCUT2D eigenvalue weighted by Crippen LogP contribution is -2.46. The van der Waals surface area contributed by atoms with E-state index >= 15 is 0 Å². The molecule has 0 unspecified atom stereocenters. The zero-order chi connectivity index (χ0) is 13.8. The molecule has 2 N–H and O–H groups in total. The van der Waals surface area contributed by atoms with Crippen LogP contribution in [0.1, 0.15) is 33.8 Å². The Labute approximate surface area is 111 Å². The summed E-state index contributed by atoms with van der Waals surface area (Å²) in [6, 6.07) is 5.40. The van der Waals surface area contributed by atoms with Gasteiger partial charge in [0, 0.05) is 22.9 Å². The third-order valence-corrected chi connectivity index (χ3v) is 3.46. The first-order chi connectivity index (χ1) is 9.17. The molecule has 1 amide bonds. The highest BCUT2D eigenvalue weighted by molar-refractivity contribution is 5.97. The molecule has 0 spiro atoms. The molecular formula is C13H16N4O2. The number of benzene rings is 1. The molecular weight excluding hydrogens is 244 g/mol. The molecule has 0 bridgehead atoms. The first kappa shape index (κ1) is 13.4. The van der Waals surface area contributed by atoms with Crippen molar-refractivity contribution in [3.8, 4) is 0 Å². The minimum atomic E-state index is -0.323. The van der Waals surface area contributed by atoms with Crippen LogP contribution in [0.15, 0.2) is 23.3 Å². The normalized spacial score (nSPS) is 21.3. The summed E-state index contributed by atoms with van der Waals surface area (Å²) in [4.78, 5) is 14.7. The second-order valence-electron chi connectivity index (χ2n) is 4.70. The Balaban J connectivity index is 2.36. The summed E-state index contributed by atoms with van der Waals surface area (Å²) in [7, 11) is 0. The molecule has 1 heterocycles. The van der Waals surface area contributed by atoms with E-state index in [-0.39, 0.29) is 24.5 Å². The lowest BCUT2D eigenvalue weighted by Gasteiger charge is -2.33. The molecule has 0 aliphatic carbocycles. The van der Waals surface area contributed by atoms with Gasteiger partial charge in [-0.2, -0.15) is 0 Å². The standard InChI is InChI=1S/C13H16N4O2/c1-8-2-3-9-10(4-5-15-17-14)12(7-18)16-13(19)11(9)6-8/h2-3,6,10,12,18H,4-5,7H2,1H3,(H,16,19)/t10-,12+/m1/s1. The molecule has 0 saturated carbocycles. The van der Waals surface area contributed by atoms with Crippen LogP contribution in [0.2, 0.25) is 0 Å². The number of carbonyl (C=O) groups excluding carboxylic acids is 1. The topological polar surface area (TPSA) is 98.1 Å². The number of rotatable bonds is 4. The fourth-order valence-electron chi connectivity index (χ4n) is 2.52. The zero-order valence-electron chi connectivity index (χ0n) is 10.7. The summed E-state index contributed by atoms with van der Waals surface area (Å²) in [5.41, 5.74) is 10.9. The van der Waals surface area contributed by atoms with Gasteiger partial charge in [0.1, 0.15) is 0 Å². The highest BCUT2D eigenvalue weighted by atomic mass is 16.3. The van der Waals surface area contributed by atoms with Gasteiger partial charge >= 0.3 is 0 Å². The van der Waals surface area contributed by atoms with E-state index in [0.29, 0.717) is 18.5 Å². The lowest BCUT2D eigenvalue weighted by molar-refractivity contribution is 0.0882. The van der Waals surface area contributed by atoms with Gasteiger partial charge in [-0.05, 0) is 30.5 Å². The summed E-state index contributed by atoms with van der Waals surface area (Å²) in [6.45, 7) is 2.15. The van der Waals surface area contributed by atoms with Gasteiger partial charge in [-0.1, -0.05) is 22.8 Å². The van der Waals surface area contributed by atoms with Crippen LogP contribution in [0.25, 0.3) is 10.4 Å². The number of nitrogens with one attached hydrogen (secondary N) is 1. The molecule has 6 heteroatoms. The van der Waals surface area contributed by atoms with E-state index in [0.717, 1.165) is 11.1 Å². The minimum Gasteiger partial charge on any atom is -0.394 e. The molecule has 1 aliphatic heterocycles. The molecule has 0 radical (unpaired) electrons. The molecule has 1 aliphatic rings. The van der Waals surface area contributed by atoms with Gasteiger partial charge in [-0.15, -0.1) is 0 Å². The summed E-state index contributed by atoms with van der Waals surface area (Å²) >= 11 is 0. The molecule has 0 saturated heterocycles. The average molecular weight is 260 g/mol. The van der Waals surface area contributed by atoms with E-state index in [2.05, 4.69) is 15.3 Å². The summed E-state index contributed by atoms with van der Waals surface area (Å²) in [6.07, 6.45) is 0.603. The van der Waals surface area contributed by atoms with E-state index in [9.17, 15) is 9.90 Å². The molecule has 1 aromatic rings. The third kappa shape index (κ3) is 2.70. The molecule has 100 valence electrons. The van der Waals surface area contributed by atoms with E-state index in [4.69, 9.17) is 5.53 Å². The van der Waals surface area contributed by atoms with Crippen LogP contribution in [0, 0.1) is 6.92 Å². The van der Waals surface area contributed by atoms with Crippen LogP contribution >= 0.6 is 0 Å². The number of carbonyl (C=O) groups is 1. The van der Waals surface area contributed by atoms with Crippen molar-refractivity contribution in [1.29, 1.82) is 0 Å². The zero-order valence-corrected chi connectivity index (χ0v) is 10.7. The summed E-state index contributed by atoms with van der Waals surface area (Å²) in [5.74, 6) is -0.179. The number of hydrogen-bond donors (Lipinski definition) is 2. The van der Waals surface area contributed by atoms with Gasteiger partial charge in [0.2, 0.25) is 0 Å². The SMILES string of the molecule is Cc1ccc2c(c1)C(=O)N[C@@H](CO)[C@@H]2CCN=[N+]=[N-]. The van der Waals surface area contributed by atoms with Crippen LogP contribution in [-0.2, 0) is 0 Å². The minimum absolute atomic E-state index is 0.0243. The number of nitrogens with zero attached hydrogens (tertiary/aromatic N) is 3. The van der Waals surface area contributed by atoms with Crippen molar-refractivity contribution in [2.24, 2.45) is 5.11 Å². The average Bonchev–Trinajstić information content (AvgIpc) is 2.41. The van der Waals surface area contributed by atoms with Gasteiger partial charge in [0.15, 0.2) is 0 Å². The molecule has 2 atom stereocenters. The van der Waals surface area contributed by atoms with Crippen LogP contribution in [0.3, 0.4) is 0 Å². The Bertz CT molecular complexity index is 537. The van der Waals surface area contributed by atoms with Crippen molar-refractivity contribution in [3.05, 3.63) is 45.3 Å². The van der Waals surface area contributed by atoms with Gasteiger partial charge in [-0.25, -0.2) is 0 Å². The second kappa shape index (κ2) is 5.73. The maximum absolute atomic E-state index is 12.0. The van der Waals surface area contributed by atoms with E-state index in [1.807, 2.05) is 25.1 Å². The number of aliphatic hydroxyl groups is 1. The molecule has 0 aromatic heterocycles. The largest absolute Gasteiger partial charge is 0.394 e. The maximum atomic E-state index is 12.0. The molecule has 2 rings (SSSR count). The Hall–Kier alpha value is -2.04. The predicted molar refractivity (Wildman–Crippen MR) is 70.9 cm³/mol. The monoisotopic (exact) mass is 260 g/mol. The van der Waals surface area contributed by atoms with Crippen molar-refractivity contribution in [2.45, 2.75) is 25.3 Å². The quantitative estimate of drug-likeness (QED) is 0.491. The van der Waals surface area contributed by atoms with Crippen molar-refractivity contribution in [1.82, 2.24) is 5.32 Å². The molecule has 1 aromatic carbocycles. The van der Waals surface area contributed by atoms with Crippen LogP contribution in [-0.4, -0.2) is 30.2 Å². The molecule has 19 heavy (non-hydrogen) atoms. The van der Waals surface area contributed by atoms with Crippen molar-refractivity contribution in [2.75, 3.05) is 13.2 Å². The van der Waals surface area contributed by atoms with E-state index in [1.54, 1.807) is 0 Å². The summed E-state index contributed by atoms with van der Waals surface area (Å²) in [5, 5.41) is 15.7. The van der Waals surface area contributed by atoms with E-state index < -0.39 is 0 Å². The number of amides is 1. The Morgan fingerprint density at radius 3 is 3.00 bits per heavy atom. The van der Waals surface area contributed by atoms with E-state index in [1.165, 1.54) is 0 Å². The Kier molecular flexibility index (Phi) is 4.04. The number of hydrogen-bond acceptors (Lipinski definition) is 3. The van der Waals surface area contributed by atoms with Gasteiger partial charge in [0.25, 0.3) is 5.91 Å².